The van der Waals surface area contributed by atoms with E-state index in [2.05, 4.69) is 5.32 Å². The molecule has 1 fully saturated rings. The molecule has 1 saturated carbocycles. The van der Waals surface area contributed by atoms with E-state index in [1.54, 1.807) is 11.8 Å². The van der Waals surface area contributed by atoms with Crippen molar-refractivity contribution in [3.8, 4) is 0 Å². The fourth-order valence-corrected chi connectivity index (χ4v) is 1.42. The summed E-state index contributed by atoms with van der Waals surface area (Å²) < 4.78 is 0. The fourth-order valence-electron chi connectivity index (χ4n) is 1.03. The van der Waals surface area contributed by atoms with E-state index in [9.17, 15) is 4.79 Å². The van der Waals surface area contributed by atoms with Crippen molar-refractivity contribution in [2.45, 2.75) is 24.8 Å². The number of carbonyl (C=O) groups is 1. The standard InChI is InChI=1S/C8H15NO2S/c1-12-5-2-7(11)9-8(6-10)3-4-8/h10H,2-6H2,1H3,(H,9,11). The van der Waals surface area contributed by atoms with Gasteiger partial charge in [-0.3, -0.25) is 4.79 Å². The summed E-state index contributed by atoms with van der Waals surface area (Å²) in [5, 5.41) is 11.8. The van der Waals surface area contributed by atoms with Crippen LogP contribution in [0.4, 0.5) is 0 Å². The van der Waals surface area contributed by atoms with Crippen molar-refractivity contribution in [2.75, 3.05) is 18.6 Å². The molecule has 0 atom stereocenters. The van der Waals surface area contributed by atoms with Gasteiger partial charge in [-0.05, 0) is 19.1 Å². The zero-order valence-electron chi connectivity index (χ0n) is 7.30. The van der Waals surface area contributed by atoms with Crippen molar-refractivity contribution in [3.05, 3.63) is 0 Å². The molecule has 12 heavy (non-hydrogen) atoms. The Bertz CT molecular complexity index is 168. The zero-order valence-corrected chi connectivity index (χ0v) is 8.12. The van der Waals surface area contributed by atoms with Crippen molar-refractivity contribution < 1.29 is 9.90 Å². The summed E-state index contributed by atoms with van der Waals surface area (Å²) in [6.07, 6.45) is 4.39. The third-order valence-electron chi connectivity index (χ3n) is 2.09. The van der Waals surface area contributed by atoms with E-state index in [1.807, 2.05) is 6.26 Å². The van der Waals surface area contributed by atoms with Gasteiger partial charge in [0.15, 0.2) is 0 Å². The maximum Gasteiger partial charge on any atom is 0.221 e. The van der Waals surface area contributed by atoms with E-state index in [0.717, 1.165) is 18.6 Å². The molecular weight excluding hydrogens is 174 g/mol. The fraction of sp³-hybridized carbons (Fsp3) is 0.875. The molecule has 1 aliphatic carbocycles. The van der Waals surface area contributed by atoms with Crippen LogP contribution in [0.2, 0.25) is 0 Å². The van der Waals surface area contributed by atoms with E-state index in [1.165, 1.54) is 0 Å². The highest BCUT2D eigenvalue weighted by molar-refractivity contribution is 7.98. The Morgan fingerprint density at radius 2 is 2.33 bits per heavy atom. The highest BCUT2D eigenvalue weighted by atomic mass is 32.2. The molecule has 1 aliphatic rings. The number of hydrogen-bond acceptors (Lipinski definition) is 3. The first-order chi connectivity index (χ1) is 5.72. The molecule has 0 aromatic carbocycles. The maximum absolute atomic E-state index is 11.2. The lowest BCUT2D eigenvalue weighted by atomic mass is 10.3. The Morgan fingerprint density at radius 3 is 2.75 bits per heavy atom. The third-order valence-corrected chi connectivity index (χ3v) is 2.71. The highest BCUT2D eigenvalue weighted by Crippen LogP contribution is 2.34. The molecule has 4 heteroatoms. The van der Waals surface area contributed by atoms with Gasteiger partial charge in [-0.2, -0.15) is 11.8 Å². The largest absolute Gasteiger partial charge is 0.394 e. The number of aliphatic hydroxyl groups excluding tert-OH is 1. The predicted molar refractivity (Wildman–Crippen MR) is 50.2 cm³/mol. The lowest BCUT2D eigenvalue weighted by Crippen LogP contribution is -2.39. The summed E-state index contributed by atoms with van der Waals surface area (Å²) in [7, 11) is 0. The molecule has 3 nitrogen and oxygen atoms in total. The van der Waals surface area contributed by atoms with Crippen LogP contribution in [0.15, 0.2) is 0 Å². The van der Waals surface area contributed by atoms with Crippen LogP contribution >= 0.6 is 11.8 Å². The lowest BCUT2D eigenvalue weighted by molar-refractivity contribution is -0.122. The number of aliphatic hydroxyl groups is 1. The smallest absolute Gasteiger partial charge is 0.221 e. The lowest BCUT2D eigenvalue weighted by Gasteiger charge is -2.13. The molecule has 1 amide bonds. The Labute approximate surface area is 76.9 Å². The first-order valence-electron chi connectivity index (χ1n) is 4.13. The van der Waals surface area contributed by atoms with Crippen LogP contribution in [0.25, 0.3) is 0 Å². The van der Waals surface area contributed by atoms with E-state index < -0.39 is 0 Å². The third kappa shape index (κ3) is 2.68. The van der Waals surface area contributed by atoms with Crippen LogP contribution in [0.3, 0.4) is 0 Å². The second-order valence-electron chi connectivity index (χ2n) is 3.23. The second-order valence-corrected chi connectivity index (χ2v) is 4.22. The first-order valence-corrected chi connectivity index (χ1v) is 5.53. The quantitative estimate of drug-likeness (QED) is 0.657. The van der Waals surface area contributed by atoms with E-state index >= 15 is 0 Å². The number of amides is 1. The topological polar surface area (TPSA) is 49.3 Å². The monoisotopic (exact) mass is 189 g/mol. The summed E-state index contributed by atoms with van der Waals surface area (Å²) in [5.41, 5.74) is -0.241. The number of rotatable bonds is 5. The van der Waals surface area contributed by atoms with Crippen molar-refractivity contribution >= 4 is 17.7 Å². The van der Waals surface area contributed by atoms with Gasteiger partial charge in [-0.15, -0.1) is 0 Å². The maximum atomic E-state index is 11.2. The molecule has 0 spiro atoms. The number of carbonyl (C=O) groups excluding carboxylic acids is 1. The summed E-state index contributed by atoms with van der Waals surface area (Å²) in [4.78, 5) is 11.2. The van der Waals surface area contributed by atoms with Gasteiger partial charge in [0.1, 0.15) is 0 Å². The first kappa shape index (κ1) is 9.86. The minimum Gasteiger partial charge on any atom is -0.394 e. The Kier molecular flexibility index (Phi) is 3.40. The number of thioether (sulfide) groups is 1. The van der Waals surface area contributed by atoms with Crippen LogP contribution in [-0.2, 0) is 4.79 Å². The van der Waals surface area contributed by atoms with E-state index in [-0.39, 0.29) is 18.1 Å². The van der Waals surface area contributed by atoms with Gasteiger partial charge in [-0.25, -0.2) is 0 Å². The van der Waals surface area contributed by atoms with Crippen molar-refractivity contribution in [1.82, 2.24) is 5.32 Å². The van der Waals surface area contributed by atoms with Crippen LogP contribution in [-0.4, -0.2) is 35.2 Å². The van der Waals surface area contributed by atoms with Crippen LogP contribution in [0.5, 0.6) is 0 Å². The Morgan fingerprint density at radius 1 is 1.67 bits per heavy atom. The number of hydrogen-bond donors (Lipinski definition) is 2. The average molecular weight is 189 g/mol. The molecule has 1 rings (SSSR count). The molecule has 0 saturated heterocycles. The molecule has 70 valence electrons. The molecule has 0 radical (unpaired) electrons. The summed E-state index contributed by atoms with van der Waals surface area (Å²) in [5.74, 6) is 0.920. The van der Waals surface area contributed by atoms with Gasteiger partial charge in [-0.1, -0.05) is 0 Å². The highest BCUT2D eigenvalue weighted by Gasteiger charge is 2.43. The minimum atomic E-state index is -0.241. The summed E-state index contributed by atoms with van der Waals surface area (Å²) in [6, 6.07) is 0. The summed E-state index contributed by atoms with van der Waals surface area (Å²) >= 11 is 1.66. The number of nitrogens with one attached hydrogen (secondary N) is 1. The van der Waals surface area contributed by atoms with Crippen LogP contribution in [0, 0.1) is 0 Å². The van der Waals surface area contributed by atoms with Gasteiger partial charge < -0.3 is 10.4 Å². The second kappa shape index (κ2) is 4.14. The average Bonchev–Trinajstić information content (AvgIpc) is 2.82. The van der Waals surface area contributed by atoms with Crippen molar-refractivity contribution in [3.63, 3.8) is 0 Å². The molecule has 0 aromatic rings. The van der Waals surface area contributed by atoms with Gasteiger partial charge in [0, 0.05) is 12.2 Å². The zero-order chi connectivity index (χ0) is 9.03. The molecule has 2 N–H and O–H groups in total. The predicted octanol–water partition coefficient (Wildman–Crippen LogP) is 0.381. The molecule has 0 bridgehead atoms. The summed E-state index contributed by atoms with van der Waals surface area (Å²) in [6.45, 7) is 0.0814. The van der Waals surface area contributed by atoms with Crippen LogP contribution in [0.1, 0.15) is 19.3 Å². The van der Waals surface area contributed by atoms with Crippen molar-refractivity contribution in [1.29, 1.82) is 0 Å². The molecule has 0 aromatic heterocycles. The Hall–Kier alpha value is -0.220. The SMILES string of the molecule is CSCCC(=O)NC1(CO)CC1. The minimum absolute atomic E-state index is 0.0656. The molecule has 0 heterocycles. The molecule has 0 unspecified atom stereocenters. The Balaban J connectivity index is 2.17. The van der Waals surface area contributed by atoms with E-state index in [4.69, 9.17) is 5.11 Å². The van der Waals surface area contributed by atoms with Crippen LogP contribution < -0.4 is 5.32 Å². The van der Waals surface area contributed by atoms with Gasteiger partial charge >= 0.3 is 0 Å². The van der Waals surface area contributed by atoms with Gasteiger partial charge in [0.25, 0.3) is 0 Å². The van der Waals surface area contributed by atoms with E-state index in [0.29, 0.717) is 6.42 Å². The normalized spacial score (nSPS) is 18.8. The molecular formula is C8H15NO2S. The van der Waals surface area contributed by atoms with Crippen molar-refractivity contribution in [2.24, 2.45) is 0 Å². The van der Waals surface area contributed by atoms with Gasteiger partial charge in [0.05, 0.1) is 12.1 Å². The molecule has 0 aliphatic heterocycles. The van der Waals surface area contributed by atoms with Gasteiger partial charge in [0.2, 0.25) is 5.91 Å².